The van der Waals surface area contributed by atoms with Gasteiger partial charge in [0.15, 0.2) is 0 Å². The molecule has 1 aliphatic rings. The Hall–Kier alpha value is -1.33. The Morgan fingerprint density at radius 3 is 2.43 bits per heavy atom. The molecule has 21 heavy (non-hydrogen) atoms. The summed E-state index contributed by atoms with van der Waals surface area (Å²) in [5.74, 6) is 0.778. The largest absolute Gasteiger partial charge is 0.302 e. The van der Waals surface area contributed by atoms with Gasteiger partial charge in [-0.3, -0.25) is 0 Å². The van der Waals surface area contributed by atoms with E-state index in [0.717, 1.165) is 25.8 Å². The molecule has 0 bridgehead atoms. The normalized spacial score (nSPS) is 26.6. The second-order valence-electron chi connectivity index (χ2n) is 7.70. The summed E-state index contributed by atoms with van der Waals surface area (Å²) in [6, 6.07) is 13.7. The van der Waals surface area contributed by atoms with E-state index < -0.39 is 0 Å². The second-order valence-corrected chi connectivity index (χ2v) is 7.70. The Balaban J connectivity index is 2.11. The average molecular weight is 284 g/mol. The molecule has 114 valence electrons. The maximum absolute atomic E-state index is 9.49. The first-order valence-electron chi connectivity index (χ1n) is 8.05. The molecule has 1 saturated carbocycles. The topological polar surface area (TPSA) is 27.0 Å². The van der Waals surface area contributed by atoms with Gasteiger partial charge in [0.05, 0.1) is 12.0 Å². The summed E-state index contributed by atoms with van der Waals surface area (Å²) in [5.41, 5.74) is 1.71. The van der Waals surface area contributed by atoms with Crippen molar-refractivity contribution in [3.63, 3.8) is 0 Å². The Morgan fingerprint density at radius 2 is 1.86 bits per heavy atom. The van der Waals surface area contributed by atoms with Crippen LogP contribution in [0.5, 0.6) is 0 Å². The van der Waals surface area contributed by atoms with Gasteiger partial charge in [0.2, 0.25) is 0 Å². The molecule has 0 N–H and O–H groups in total. The molecule has 2 heteroatoms. The SMILES string of the molecule is CN(CC(C)(C)C)C1CC(c2ccccc2)CCC1C#N. The quantitative estimate of drug-likeness (QED) is 0.820. The smallest absolute Gasteiger partial charge is 0.0672 e. The Bertz CT molecular complexity index is 481. The first kappa shape index (κ1) is 16.0. The molecule has 0 heterocycles. The Labute approximate surface area is 129 Å². The molecular weight excluding hydrogens is 256 g/mol. The van der Waals surface area contributed by atoms with E-state index in [0.29, 0.717) is 12.0 Å². The van der Waals surface area contributed by atoms with Crippen LogP contribution >= 0.6 is 0 Å². The molecule has 0 radical (unpaired) electrons. The molecule has 1 aromatic rings. The molecule has 0 aromatic heterocycles. The van der Waals surface area contributed by atoms with Gasteiger partial charge >= 0.3 is 0 Å². The van der Waals surface area contributed by atoms with Crippen molar-refractivity contribution >= 4 is 0 Å². The lowest BCUT2D eigenvalue weighted by Crippen LogP contribution is -2.44. The van der Waals surface area contributed by atoms with E-state index >= 15 is 0 Å². The van der Waals surface area contributed by atoms with Crippen LogP contribution < -0.4 is 0 Å². The van der Waals surface area contributed by atoms with E-state index in [9.17, 15) is 5.26 Å². The summed E-state index contributed by atoms with van der Waals surface area (Å²) >= 11 is 0. The Kier molecular flexibility index (Phi) is 5.06. The van der Waals surface area contributed by atoms with E-state index in [1.165, 1.54) is 5.56 Å². The van der Waals surface area contributed by atoms with Crippen LogP contribution in [0.1, 0.15) is 51.5 Å². The highest BCUT2D eigenvalue weighted by Crippen LogP contribution is 2.38. The van der Waals surface area contributed by atoms with Crippen LogP contribution in [0, 0.1) is 22.7 Å². The lowest BCUT2D eigenvalue weighted by molar-refractivity contribution is 0.109. The summed E-state index contributed by atoms with van der Waals surface area (Å²) in [6.45, 7) is 7.84. The van der Waals surface area contributed by atoms with Crippen LogP contribution in [0.4, 0.5) is 0 Å². The van der Waals surface area contributed by atoms with E-state index in [1.807, 2.05) is 0 Å². The first-order valence-corrected chi connectivity index (χ1v) is 8.05. The van der Waals surface area contributed by atoms with Crippen LogP contribution in [-0.4, -0.2) is 24.5 Å². The van der Waals surface area contributed by atoms with Crippen molar-refractivity contribution in [1.29, 1.82) is 5.26 Å². The minimum Gasteiger partial charge on any atom is -0.302 e. The van der Waals surface area contributed by atoms with Crippen molar-refractivity contribution in [3.05, 3.63) is 35.9 Å². The van der Waals surface area contributed by atoms with Crippen molar-refractivity contribution < 1.29 is 0 Å². The molecule has 0 spiro atoms. The zero-order chi connectivity index (χ0) is 15.5. The van der Waals surface area contributed by atoms with Gasteiger partial charge in [0.25, 0.3) is 0 Å². The van der Waals surface area contributed by atoms with E-state index in [4.69, 9.17) is 0 Å². The van der Waals surface area contributed by atoms with E-state index in [2.05, 4.69) is 69.1 Å². The van der Waals surface area contributed by atoms with Crippen molar-refractivity contribution in [2.45, 2.75) is 52.0 Å². The molecule has 3 atom stereocenters. The molecule has 0 saturated heterocycles. The van der Waals surface area contributed by atoms with Gasteiger partial charge in [-0.25, -0.2) is 0 Å². The van der Waals surface area contributed by atoms with Crippen LogP contribution in [-0.2, 0) is 0 Å². The second kappa shape index (κ2) is 6.62. The highest BCUT2D eigenvalue weighted by molar-refractivity contribution is 5.21. The summed E-state index contributed by atoms with van der Waals surface area (Å²) in [5, 5.41) is 9.49. The number of hydrogen-bond acceptors (Lipinski definition) is 2. The third kappa shape index (κ3) is 4.32. The first-order chi connectivity index (χ1) is 9.90. The maximum Gasteiger partial charge on any atom is 0.0672 e. The van der Waals surface area contributed by atoms with Crippen molar-refractivity contribution in [2.24, 2.45) is 11.3 Å². The van der Waals surface area contributed by atoms with Crippen molar-refractivity contribution in [3.8, 4) is 6.07 Å². The summed E-state index contributed by atoms with van der Waals surface area (Å²) in [6.07, 6.45) is 3.27. The van der Waals surface area contributed by atoms with Crippen molar-refractivity contribution in [1.82, 2.24) is 4.90 Å². The monoisotopic (exact) mass is 284 g/mol. The minimum absolute atomic E-state index is 0.178. The summed E-state index contributed by atoms with van der Waals surface area (Å²) < 4.78 is 0. The van der Waals surface area contributed by atoms with Gasteiger partial charge in [-0.1, -0.05) is 51.1 Å². The highest BCUT2D eigenvalue weighted by atomic mass is 15.1. The molecule has 0 aliphatic heterocycles. The van der Waals surface area contributed by atoms with Crippen LogP contribution in [0.15, 0.2) is 30.3 Å². The number of hydrogen-bond donors (Lipinski definition) is 0. The fourth-order valence-corrected chi connectivity index (χ4v) is 3.68. The fourth-order valence-electron chi connectivity index (χ4n) is 3.68. The number of nitriles is 1. The van der Waals surface area contributed by atoms with Gasteiger partial charge in [0, 0.05) is 12.6 Å². The van der Waals surface area contributed by atoms with Gasteiger partial charge in [-0.2, -0.15) is 5.26 Å². The molecule has 1 fully saturated rings. The van der Waals surface area contributed by atoms with Gasteiger partial charge in [-0.05, 0) is 43.2 Å². The third-order valence-electron chi connectivity index (χ3n) is 4.54. The molecule has 1 aromatic carbocycles. The van der Waals surface area contributed by atoms with E-state index in [-0.39, 0.29) is 11.3 Å². The number of benzene rings is 1. The molecule has 0 amide bonds. The van der Waals surface area contributed by atoms with E-state index in [1.54, 1.807) is 0 Å². The Morgan fingerprint density at radius 1 is 1.19 bits per heavy atom. The molecular formula is C19H28N2. The molecule has 3 unspecified atom stereocenters. The molecule has 1 aliphatic carbocycles. The summed E-state index contributed by atoms with van der Waals surface area (Å²) in [4.78, 5) is 2.42. The fraction of sp³-hybridized carbons (Fsp3) is 0.632. The predicted molar refractivity (Wildman–Crippen MR) is 88.0 cm³/mol. The summed E-state index contributed by atoms with van der Waals surface area (Å²) in [7, 11) is 2.19. The third-order valence-corrected chi connectivity index (χ3v) is 4.54. The van der Waals surface area contributed by atoms with Gasteiger partial charge in [0.1, 0.15) is 0 Å². The number of rotatable bonds is 3. The zero-order valence-electron chi connectivity index (χ0n) is 13.8. The van der Waals surface area contributed by atoms with Gasteiger partial charge < -0.3 is 4.90 Å². The van der Waals surface area contributed by atoms with Crippen LogP contribution in [0.3, 0.4) is 0 Å². The van der Waals surface area contributed by atoms with Gasteiger partial charge in [-0.15, -0.1) is 0 Å². The van der Waals surface area contributed by atoms with Crippen LogP contribution in [0.25, 0.3) is 0 Å². The lowest BCUT2D eigenvalue weighted by atomic mass is 9.75. The maximum atomic E-state index is 9.49. The van der Waals surface area contributed by atoms with Crippen molar-refractivity contribution in [2.75, 3.05) is 13.6 Å². The number of nitrogens with zero attached hydrogens (tertiary/aromatic N) is 2. The van der Waals surface area contributed by atoms with Crippen LogP contribution in [0.2, 0.25) is 0 Å². The minimum atomic E-state index is 0.178. The zero-order valence-corrected chi connectivity index (χ0v) is 13.8. The highest BCUT2D eigenvalue weighted by Gasteiger charge is 2.34. The predicted octanol–water partition coefficient (Wildman–Crippen LogP) is 4.44. The standard InChI is InChI=1S/C19H28N2/c1-19(2,3)14-21(4)18-12-16(10-11-17(18)13-20)15-8-6-5-7-9-15/h5-9,16-18H,10-12,14H2,1-4H3. The molecule has 2 rings (SSSR count). The lowest BCUT2D eigenvalue weighted by Gasteiger charge is -2.41. The average Bonchev–Trinajstić information content (AvgIpc) is 2.45. The molecule has 2 nitrogen and oxygen atoms in total.